The van der Waals surface area contributed by atoms with Gasteiger partial charge in [0, 0.05) is 0 Å². The number of benzene rings is 2. The van der Waals surface area contributed by atoms with E-state index >= 15 is 0 Å². The molecule has 2 N–H and O–H groups in total. The van der Waals surface area contributed by atoms with Crippen molar-refractivity contribution in [1.82, 2.24) is 5.32 Å². The van der Waals surface area contributed by atoms with Gasteiger partial charge in [-0.25, -0.2) is 0 Å². The van der Waals surface area contributed by atoms with Crippen molar-refractivity contribution >= 4 is 46.1 Å². The number of anilines is 1. The van der Waals surface area contributed by atoms with E-state index in [4.69, 9.17) is 16.3 Å². The first-order valence-corrected chi connectivity index (χ1v) is 13.3. The van der Waals surface area contributed by atoms with Crippen molar-refractivity contribution in [2.45, 2.75) is 22.0 Å². The van der Waals surface area contributed by atoms with Gasteiger partial charge in [-0.2, -0.15) is 0 Å². The third-order valence-corrected chi connectivity index (χ3v) is 8.47. The maximum atomic E-state index is 12.8. The Morgan fingerprint density at radius 1 is 1.30 bits per heavy atom. The van der Waals surface area contributed by atoms with E-state index in [1.54, 1.807) is 19.2 Å². The Kier molecular flexibility index (Phi) is 6.54. The Balaban J connectivity index is 1.48. The van der Waals surface area contributed by atoms with Gasteiger partial charge in [0.15, 0.2) is 0 Å². The first-order valence-electron chi connectivity index (χ1n) is 9.27. The number of imide groups is 1. The molecule has 6 nitrogen and oxygen atoms in total. The van der Waals surface area contributed by atoms with Crippen LogP contribution in [0.15, 0.2) is 36.4 Å². The van der Waals surface area contributed by atoms with Crippen molar-refractivity contribution in [2.75, 3.05) is 16.9 Å². The van der Waals surface area contributed by atoms with Crippen molar-refractivity contribution in [3.8, 4) is 5.75 Å². The molecule has 2 saturated heterocycles. The minimum absolute atomic E-state index is 0.141. The number of halogens is 2. The van der Waals surface area contributed by atoms with Crippen LogP contribution in [0.3, 0.4) is 0 Å². The molecule has 2 aromatic rings. The van der Waals surface area contributed by atoms with Crippen LogP contribution in [0.1, 0.15) is 20.6 Å². The van der Waals surface area contributed by atoms with Crippen molar-refractivity contribution in [2.24, 2.45) is 0 Å². The van der Waals surface area contributed by atoms with E-state index in [0.717, 1.165) is 34.1 Å². The molecule has 158 valence electrons. The number of nitrogens with one attached hydrogen (secondary N) is 2. The zero-order valence-electron chi connectivity index (χ0n) is 16.0. The van der Waals surface area contributed by atoms with Crippen LogP contribution in [0.2, 0.25) is 5.02 Å². The van der Waals surface area contributed by atoms with Crippen LogP contribution in [-0.2, 0) is 22.4 Å². The van der Waals surface area contributed by atoms with Crippen molar-refractivity contribution in [3.05, 3.63) is 58.1 Å². The number of hydrogen-bond donors (Lipinski definition) is 2. The van der Waals surface area contributed by atoms with Gasteiger partial charge >= 0.3 is 174 Å². The summed E-state index contributed by atoms with van der Waals surface area (Å²) in [7, 11) is 1.56. The molecule has 2 aliphatic rings. The molecule has 2 fully saturated rings. The van der Waals surface area contributed by atoms with Gasteiger partial charge in [0.2, 0.25) is 0 Å². The molecule has 2 aliphatic heterocycles. The summed E-state index contributed by atoms with van der Waals surface area (Å²) in [6, 6.07) is 11.1. The van der Waals surface area contributed by atoms with E-state index in [0.29, 0.717) is 21.1 Å². The fourth-order valence-electron chi connectivity index (χ4n) is 3.32. The molecule has 9 heteroatoms. The van der Waals surface area contributed by atoms with Crippen LogP contribution < -0.4 is 36.6 Å². The topological polar surface area (TPSA) is 84.5 Å². The van der Waals surface area contributed by atoms with E-state index in [1.165, 1.54) is 4.43 Å². The van der Waals surface area contributed by atoms with Crippen LogP contribution >= 0.6 is 23.4 Å². The summed E-state index contributed by atoms with van der Waals surface area (Å²) in [4.78, 5) is 36.0. The fraction of sp³-hybridized carbons (Fsp3) is 0.286. The number of ether oxygens (including phenoxy) is 1. The van der Waals surface area contributed by atoms with Crippen LogP contribution in [0.5, 0.6) is 5.75 Å². The van der Waals surface area contributed by atoms with Crippen molar-refractivity contribution in [1.29, 1.82) is 0 Å². The standard InChI is InChI=1S/C21H19ClIN2O4S/c1-29-17-5-2-11(7-18-20(27)25-21(28)30-18)6-12(17)8-19(26)24-16-4-3-13(22)9-14(16)15-10-23-15/h2-6,9,15,18H,7-8,10H2,1H3,(H,24,26)(H,25,27,28)/q-1. The molecule has 4 rings (SSSR count). The summed E-state index contributed by atoms with van der Waals surface area (Å²) < 4.78 is 7.19. The molecule has 2 unspecified atom stereocenters. The number of carbonyl (C=O) groups excluding carboxylic acids is 3. The molecule has 0 radical (unpaired) electrons. The maximum absolute atomic E-state index is 12.8. The second kappa shape index (κ2) is 9.15. The predicted molar refractivity (Wildman–Crippen MR) is 113 cm³/mol. The zero-order chi connectivity index (χ0) is 21.3. The molecule has 2 heterocycles. The van der Waals surface area contributed by atoms with Gasteiger partial charge in [0.05, 0.1) is 0 Å². The summed E-state index contributed by atoms with van der Waals surface area (Å²) >= 11 is 7.30. The van der Waals surface area contributed by atoms with Crippen LogP contribution in [0.4, 0.5) is 10.5 Å². The van der Waals surface area contributed by atoms with Gasteiger partial charge in [-0.05, 0) is 0 Å². The Morgan fingerprint density at radius 3 is 2.77 bits per heavy atom. The Morgan fingerprint density at radius 2 is 2.10 bits per heavy atom. The van der Waals surface area contributed by atoms with Crippen LogP contribution in [-0.4, -0.2) is 33.8 Å². The summed E-state index contributed by atoms with van der Waals surface area (Å²) in [5.41, 5.74) is 3.55. The first kappa shape index (κ1) is 21.5. The molecule has 3 amide bonds. The Labute approximate surface area is 193 Å². The molecule has 0 spiro atoms. The second-order valence-electron chi connectivity index (χ2n) is 6.97. The average Bonchev–Trinajstić information content (AvgIpc) is 3.49. The Hall–Kier alpha value is -1.78. The molecule has 2 aromatic carbocycles. The first-order chi connectivity index (χ1) is 14.4. The molecular weight excluding hydrogens is 539 g/mol. The van der Waals surface area contributed by atoms with Crippen molar-refractivity contribution in [3.63, 3.8) is 0 Å². The van der Waals surface area contributed by atoms with Crippen LogP contribution in [0.25, 0.3) is 0 Å². The van der Waals surface area contributed by atoms with Gasteiger partial charge in [0.1, 0.15) is 0 Å². The van der Waals surface area contributed by atoms with E-state index in [2.05, 4.69) is 10.6 Å². The van der Waals surface area contributed by atoms with Gasteiger partial charge < -0.3 is 0 Å². The monoisotopic (exact) mass is 557 g/mol. The number of thioether (sulfide) groups is 1. The molecule has 0 aromatic heterocycles. The van der Waals surface area contributed by atoms with Crippen LogP contribution in [0, 0.1) is 0 Å². The molecule has 0 bridgehead atoms. The van der Waals surface area contributed by atoms with E-state index < -0.39 is 5.25 Å². The molecule has 0 saturated carbocycles. The van der Waals surface area contributed by atoms with Gasteiger partial charge in [-0.1, -0.05) is 0 Å². The average molecular weight is 558 g/mol. The number of alkyl halides is 2. The molecular formula is C21H19ClIN2O4S-. The third-order valence-electron chi connectivity index (χ3n) is 4.82. The summed E-state index contributed by atoms with van der Waals surface area (Å²) in [5.74, 6) is 0.187. The minimum atomic E-state index is -0.453. The number of methoxy groups -OCH3 is 1. The van der Waals surface area contributed by atoms with Crippen molar-refractivity contribution < 1.29 is 40.3 Å². The predicted octanol–water partition coefficient (Wildman–Crippen LogP) is 0.568. The fourth-order valence-corrected chi connectivity index (χ4v) is 6.08. The van der Waals surface area contributed by atoms with E-state index in [1.807, 2.05) is 24.3 Å². The number of rotatable bonds is 7. The SMILES string of the molecule is COc1ccc(CC2SC(=O)NC2=O)cc1CC(=O)Nc1ccc(Cl)cc1C1C[I-]1. The zero-order valence-corrected chi connectivity index (χ0v) is 19.8. The number of hydrogen-bond acceptors (Lipinski definition) is 5. The van der Waals surface area contributed by atoms with Gasteiger partial charge in [-0.3, -0.25) is 14.9 Å². The number of amides is 3. The van der Waals surface area contributed by atoms with E-state index in [-0.39, 0.29) is 44.7 Å². The second-order valence-corrected chi connectivity index (χ2v) is 11.8. The summed E-state index contributed by atoms with van der Waals surface area (Å²) in [6.07, 6.45) is 0.551. The molecule has 0 aliphatic carbocycles. The quantitative estimate of drug-likeness (QED) is 0.384. The number of carbonyl (C=O) groups is 3. The molecule has 2 atom stereocenters. The van der Waals surface area contributed by atoms with E-state index in [9.17, 15) is 14.4 Å². The van der Waals surface area contributed by atoms with Gasteiger partial charge in [-0.15, -0.1) is 0 Å². The summed E-state index contributed by atoms with van der Waals surface area (Å²) in [5, 5.41) is 5.22. The summed E-state index contributed by atoms with van der Waals surface area (Å²) in [6.45, 7) is 0. The molecule has 30 heavy (non-hydrogen) atoms. The third kappa shape index (κ3) is 5.09. The Bertz CT molecular complexity index is 1030. The normalized spacial score (nSPS) is 20.3. The van der Waals surface area contributed by atoms with Gasteiger partial charge in [0.25, 0.3) is 5.24 Å².